The first kappa shape index (κ1) is 16.1. The zero-order chi connectivity index (χ0) is 16.4. The van der Waals surface area contributed by atoms with Crippen LogP contribution in [-0.4, -0.2) is 26.2 Å². The number of halogens is 4. The lowest BCUT2D eigenvalue weighted by Crippen LogP contribution is -2.44. The van der Waals surface area contributed by atoms with Gasteiger partial charge in [-0.15, -0.1) is 0 Å². The van der Waals surface area contributed by atoms with Gasteiger partial charge in [0, 0.05) is 36.8 Å². The van der Waals surface area contributed by atoms with Gasteiger partial charge < -0.3 is 10.2 Å². The molecule has 0 aliphatic carbocycles. The van der Waals surface area contributed by atoms with Crippen molar-refractivity contribution in [3.63, 3.8) is 0 Å². The summed E-state index contributed by atoms with van der Waals surface area (Å²) in [7, 11) is 0. The predicted molar refractivity (Wildman–Crippen MR) is 85.8 cm³/mol. The molecule has 2 aromatic rings. The fourth-order valence-corrected chi connectivity index (χ4v) is 2.96. The van der Waals surface area contributed by atoms with Crippen LogP contribution in [0.2, 0.25) is 5.02 Å². The molecule has 23 heavy (non-hydrogen) atoms. The third kappa shape index (κ3) is 3.46. The Morgan fingerprint density at radius 1 is 1.13 bits per heavy atom. The molecule has 121 valence electrons. The first-order chi connectivity index (χ1) is 11.0. The Morgan fingerprint density at radius 3 is 2.48 bits per heavy atom. The zero-order valence-electron chi connectivity index (χ0n) is 12.3. The summed E-state index contributed by atoms with van der Waals surface area (Å²) in [5.41, 5.74) is 0.777. The van der Waals surface area contributed by atoms with Gasteiger partial charge in [0.15, 0.2) is 0 Å². The Balaban J connectivity index is 2.09. The number of nitrogens with zero attached hydrogens (tertiary/aromatic N) is 1. The Kier molecular flexibility index (Phi) is 4.50. The van der Waals surface area contributed by atoms with Crippen molar-refractivity contribution in [2.45, 2.75) is 6.18 Å². The van der Waals surface area contributed by atoms with Crippen molar-refractivity contribution in [3.8, 4) is 11.1 Å². The van der Waals surface area contributed by atoms with Crippen molar-refractivity contribution in [2.24, 2.45) is 0 Å². The van der Waals surface area contributed by atoms with Crippen LogP contribution < -0.4 is 10.2 Å². The van der Waals surface area contributed by atoms with Crippen LogP contribution in [0.3, 0.4) is 0 Å². The largest absolute Gasteiger partial charge is 0.418 e. The lowest BCUT2D eigenvalue weighted by Gasteiger charge is -2.32. The average Bonchev–Trinajstić information content (AvgIpc) is 2.55. The first-order valence-electron chi connectivity index (χ1n) is 7.30. The second kappa shape index (κ2) is 6.42. The highest BCUT2D eigenvalue weighted by molar-refractivity contribution is 6.33. The number of rotatable bonds is 2. The molecule has 1 heterocycles. The van der Waals surface area contributed by atoms with Gasteiger partial charge in [0.2, 0.25) is 0 Å². The quantitative estimate of drug-likeness (QED) is 0.880. The van der Waals surface area contributed by atoms with E-state index in [1.807, 2.05) is 6.07 Å². The average molecular weight is 340 g/mol. The lowest BCUT2D eigenvalue weighted by molar-refractivity contribution is -0.137. The minimum atomic E-state index is -4.43. The number of benzene rings is 2. The maximum absolute atomic E-state index is 13.3. The maximum atomic E-state index is 13.3. The summed E-state index contributed by atoms with van der Waals surface area (Å²) < 4.78 is 40.0. The minimum absolute atomic E-state index is 0.163. The van der Waals surface area contributed by atoms with Crippen LogP contribution >= 0.6 is 11.6 Å². The van der Waals surface area contributed by atoms with Gasteiger partial charge in [-0.1, -0.05) is 29.8 Å². The summed E-state index contributed by atoms with van der Waals surface area (Å²) in [6, 6.07) is 12.5. The molecule has 1 aliphatic heterocycles. The van der Waals surface area contributed by atoms with Gasteiger partial charge in [0.05, 0.1) is 11.3 Å². The molecule has 6 heteroatoms. The maximum Gasteiger partial charge on any atom is 0.418 e. The van der Waals surface area contributed by atoms with Gasteiger partial charge in [-0.3, -0.25) is 0 Å². The normalized spacial score (nSPS) is 15.7. The van der Waals surface area contributed by atoms with Crippen molar-refractivity contribution < 1.29 is 13.2 Å². The molecule has 1 saturated heterocycles. The van der Waals surface area contributed by atoms with Gasteiger partial charge in [0.1, 0.15) is 0 Å². The molecule has 0 saturated carbocycles. The van der Waals surface area contributed by atoms with E-state index in [0.29, 0.717) is 42.3 Å². The second-order valence-electron chi connectivity index (χ2n) is 5.36. The topological polar surface area (TPSA) is 15.3 Å². The Bertz CT molecular complexity index is 694. The van der Waals surface area contributed by atoms with E-state index in [0.717, 1.165) is 0 Å². The van der Waals surface area contributed by atoms with Crippen LogP contribution in [0.4, 0.5) is 18.9 Å². The Hall–Kier alpha value is -1.72. The van der Waals surface area contributed by atoms with E-state index in [9.17, 15) is 13.2 Å². The number of hydrogen-bond acceptors (Lipinski definition) is 2. The molecule has 0 spiro atoms. The molecule has 0 bridgehead atoms. The van der Waals surface area contributed by atoms with E-state index in [2.05, 4.69) is 11.4 Å². The van der Waals surface area contributed by atoms with Crippen LogP contribution in [-0.2, 0) is 6.18 Å². The van der Waals surface area contributed by atoms with Gasteiger partial charge in [0.25, 0.3) is 0 Å². The summed E-state index contributed by atoms with van der Waals surface area (Å²) in [6.07, 6.45) is -4.43. The highest BCUT2D eigenvalue weighted by Gasteiger charge is 2.35. The van der Waals surface area contributed by atoms with Crippen LogP contribution in [0.15, 0.2) is 36.4 Å². The van der Waals surface area contributed by atoms with E-state index < -0.39 is 11.7 Å². The van der Waals surface area contributed by atoms with Crippen molar-refractivity contribution in [1.29, 1.82) is 0 Å². The molecule has 2 nitrogen and oxygen atoms in total. The molecule has 0 atom stereocenters. The Labute approximate surface area is 137 Å². The summed E-state index contributed by atoms with van der Waals surface area (Å²) in [5.74, 6) is 0. The third-order valence-corrected chi connectivity index (χ3v) is 4.18. The summed E-state index contributed by atoms with van der Waals surface area (Å²) >= 11 is 6.17. The summed E-state index contributed by atoms with van der Waals surface area (Å²) in [4.78, 5) is 1.75. The monoisotopic (exact) mass is 339 g/mol. The molecule has 1 aliphatic rings. The summed E-state index contributed by atoms with van der Waals surface area (Å²) in [6.45, 7) is 2.38. The van der Waals surface area contributed by atoms with Crippen LogP contribution in [0.1, 0.15) is 5.56 Å². The SMILES string of the molecule is FC(F)(F)c1[c]cc(-c2ccccc2Cl)cc1N1CCNCC1. The van der Waals surface area contributed by atoms with Crippen LogP contribution in [0.5, 0.6) is 0 Å². The molecule has 3 rings (SSSR count). The Morgan fingerprint density at radius 2 is 1.83 bits per heavy atom. The third-order valence-electron chi connectivity index (χ3n) is 3.85. The number of piperazine rings is 1. The molecule has 1 N–H and O–H groups in total. The van der Waals surface area contributed by atoms with E-state index >= 15 is 0 Å². The van der Waals surface area contributed by atoms with Crippen molar-refractivity contribution >= 4 is 17.3 Å². The fourth-order valence-electron chi connectivity index (χ4n) is 2.72. The molecular formula is C17H15ClF3N2. The number of alkyl halides is 3. The van der Waals surface area contributed by atoms with E-state index in [1.54, 1.807) is 29.2 Å². The molecule has 0 amide bonds. The lowest BCUT2D eigenvalue weighted by atomic mass is 10.0. The molecule has 2 aromatic carbocycles. The summed E-state index contributed by atoms with van der Waals surface area (Å²) in [5, 5.41) is 3.65. The molecule has 1 radical (unpaired) electrons. The fraction of sp³-hybridized carbons (Fsp3) is 0.294. The zero-order valence-corrected chi connectivity index (χ0v) is 13.0. The smallest absolute Gasteiger partial charge is 0.368 e. The van der Waals surface area contributed by atoms with Crippen molar-refractivity contribution in [1.82, 2.24) is 5.32 Å². The van der Waals surface area contributed by atoms with Gasteiger partial charge in [-0.2, -0.15) is 13.2 Å². The molecule has 1 fully saturated rings. The van der Waals surface area contributed by atoms with E-state index in [-0.39, 0.29) is 5.69 Å². The van der Waals surface area contributed by atoms with Gasteiger partial charge in [-0.05, 0) is 29.8 Å². The van der Waals surface area contributed by atoms with Crippen LogP contribution in [0, 0.1) is 6.07 Å². The van der Waals surface area contributed by atoms with Gasteiger partial charge in [-0.25, -0.2) is 0 Å². The minimum Gasteiger partial charge on any atom is -0.368 e. The second-order valence-corrected chi connectivity index (χ2v) is 5.77. The molecular weight excluding hydrogens is 325 g/mol. The van der Waals surface area contributed by atoms with Crippen LogP contribution in [0.25, 0.3) is 11.1 Å². The molecule has 0 unspecified atom stereocenters. The number of nitrogens with one attached hydrogen (secondary N) is 1. The van der Waals surface area contributed by atoms with Gasteiger partial charge >= 0.3 is 6.18 Å². The van der Waals surface area contributed by atoms with E-state index in [4.69, 9.17) is 11.6 Å². The number of anilines is 1. The predicted octanol–water partition coefficient (Wildman–Crippen LogP) is 4.24. The molecule has 0 aromatic heterocycles. The number of hydrogen-bond donors (Lipinski definition) is 1. The van der Waals surface area contributed by atoms with E-state index in [1.165, 1.54) is 6.07 Å². The highest BCUT2D eigenvalue weighted by atomic mass is 35.5. The highest BCUT2D eigenvalue weighted by Crippen LogP contribution is 2.39. The van der Waals surface area contributed by atoms with Crippen molar-refractivity contribution in [3.05, 3.63) is 53.1 Å². The standard InChI is InChI=1S/C17H15ClF3N2/c18-15-4-2-1-3-13(15)12-5-6-14(17(19,20)21)16(11-12)23-9-7-22-8-10-23/h1-5,11,22H,7-10H2. The first-order valence-corrected chi connectivity index (χ1v) is 7.68. The van der Waals surface area contributed by atoms with Crippen molar-refractivity contribution in [2.75, 3.05) is 31.1 Å².